The third-order valence-electron chi connectivity index (χ3n) is 5.08. The van der Waals surface area contributed by atoms with Gasteiger partial charge in [-0.1, -0.05) is 30.3 Å². The molecular weight excluding hydrogens is 369 g/mol. The Balaban J connectivity index is 1.69. The maximum absolute atomic E-state index is 13.0. The smallest absolute Gasteiger partial charge is 0.180 e. The van der Waals surface area contributed by atoms with Gasteiger partial charge in [0, 0.05) is 18.7 Å². The Kier molecular flexibility index (Phi) is 6.73. The minimum atomic E-state index is -0.952. The maximum Gasteiger partial charge on any atom is 0.180 e. The molecule has 150 valence electrons. The van der Waals surface area contributed by atoms with Gasteiger partial charge in [-0.15, -0.1) is 0 Å². The highest BCUT2D eigenvalue weighted by Gasteiger charge is 2.33. The Morgan fingerprint density at radius 3 is 2.34 bits per heavy atom. The van der Waals surface area contributed by atoms with Crippen LogP contribution in [0, 0.1) is 11.7 Å². The van der Waals surface area contributed by atoms with Crippen LogP contribution in [0.2, 0.25) is 0 Å². The lowest BCUT2D eigenvalue weighted by molar-refractivity contribution is -0.115. The van der Waals surface area contributed by atoms with Crippen LogP contribution in [0.3, 0.4) is 0 Å². The predicted octanol–water partition coefficient (Wildman–Crippen LogP) is 4.12. The maximum atomic E-state index is 13.0. The SMILES string of the molecule is CN(c1ccccc1)C1(OCC(C=O)CCc2ccc(F)cc2)C=CC(=O)C=C1. The first-order valence-electron chi connectivity index (χ1n) is 9.57. The number of halogens is 1. The number of hydrogen-bond acceptors (Lipinski definition) is 4. The van der Waals surface area contributed by atoms with E-state index >= 15 is 0 Å². The summed E-state index contributed by atoms with van der Waals surface area (Å²) in [6.45, 7) is 0.199. The zero-order chi connectivity index (χ0) is 20.7. The van der Waals surface area contributed by atoms with Crippen LogP contribution < -0.4 is 4.90 Å². The Bertz CT molecular complexity index is 874. The number of aldehydes is 1. The summed E-state index contributed by atoms with van der Waals surface area (Å²) in [5, 5.41) is 0. The Morgan fingerprint density at radius 1 is 1.07 bits per heavy atom. The van der Waals surface area contributed by atoms with E-state index in [1.54, 1.807) is 24.3 Å². The molecule has 0 fully saturated rings. The minimum Gasteiger partial charge on any atom is -0.348 e. The molecule has 0 saturated carbocycles. The molecule has 3 rings (SSSR count). The molecule has 0 radical (unpaired) electrons. The lowest BCUT2D eigenvalue weighted by atomic mass is 10.00. The summed E-state index contributed by atoms with van der Waals surface area (Å²) in [4.78, 5) is 25.2. The lowest BCUT2D eigenvalue weighted by Crippen LogP contribution is -2.48. The number of aryl methyl sites for hydroxylation is 1. The molecule has 0 amide bonds. The fraction of sp³-hybridized carbons (Fsp3) is 0.250. The van der Waals surface area contributed by atoms with Crippen LogP contribution in [0.25, 0.3) is 0 Å². The summed E-state index contributed by atoms with van der Waals surface area (Å²) in [6, 6.07) is 16.0. The normalized spacial score (nSPS) is 15.9. The van der Waals surface area contributed by atoms with Crippen LogP contribution in [-0.4, -0.2) is 31.4 Å². The second kappa shape index (κ2) is 9.43. The number of likely N-dealkylation sites (N-methyl/N-ethyl adjacent to an activating group) is 1. The molecule has 2 aromatic carbocycles. The zero-order valence-electron chi connectivity index (χ0n) is 16.3. The van der Waals surface area contributed by atoms with Crippen LogP contribution in [-0.2, 0) is 20.7 Å². The summed E-state index contributed by atoms with van der Waals surface area (Å²) in [5.74, 6) is -0.699. The number of allylic oxidation sites excluding steroid dienone is 2. The monoisotopic (exact) mass is 393 g/mol. The van der Waals surface area contributed by atoms with Crippen LogP contribution in [0.4, 0.5) is 10.1 Å². The summed E-state index contributed by atoms with van der Waals surface area (Å²) in [6.07, 6.45) is 8.52. The molecule has 0 spiro atoms. The van der Waals surface area contributed by atoms with Crippen LogP contribution in [0.5, 0.6) is 0 Å². The molecule has 0 aromatic heterocycles. The largest absolute Gasteiger partial charge is 0.348 e. The van der Waals surface area contributed by atoms with Crippen molar-refractivity contribution >= 4 is 17.8 Å². The van der Waals surface area contributed by atoms with Gasteiger partial charge in [0.15, 0.2) is 11.5 Å². The molecule has 0 N–H and O–H groups in total. The van der Waals surface area contributed by atoms with Crippen molar-refractivity contribution in [3.8, 4) is 0 Å². The zero-order valence-corrected chi connectivity index (χ0v) is 16.3. The van der Waals surface area contributed by atoms with Gasteiger partial charge in [0.25, 0.3) is 0 Å². The fourth-order valence-corrected chi connectivity index (χ4v) is 3.22. The van der Waals surface area contributed by atoms with Crippen LogP contribution >= 0.6 is 0 Å². The van der Waals surface area contributed by atoms with Gasteiger partial charge in [-0.3, -0.25) is 4.79 Å². The molecular formula is C24H24FNO3. The van der Waals surface area contributed by atoms with Gasteiger partial charge in [-0.05, 0) is 67.0 Å². The molecule has 0 bridgehead atoms. The van der Waals surface area contributed by atoms with Crippen molar-refractivity contribution < 1.29 is 18.7 Å². The number of nitrogens with zero attached hydrogens (tertiary/aromatic N) is 1. The number of ether oxygens (including phenoxy) is 1. The Hall–Kier alpha value is -3.05. The first kappa shape index (κ1) is 20.7. The van der Waals surface area contributed by atoms with Gasteiger partial charge in [0.05, 0.1) is 6.61 Å². The van der Waals surface area contributed by atoms with Gasteiger partial charge >= 0.3 is 0 Å². The van der Waals surface area contributed by atoms with Crippen LogP contribution in [0.1, 0.15) is 12.0 Å². The molecule has 4 nitrogen and oxygen atoms in total. The van der Waals surface area contributed by atoms with Crippen molar-refractivity contribution in [3.63, 3.8) is 0 Å². The molecule has 0 saturated heterocycles. The molecule has 1 atom stereocenters. The third-order valence-corrected chi connectivity index (χ3v) is 5.08. The van der Waals surface area contributed by atoms with Crippen molar-refractivity contribution in [1.82, 2.24) is 0 Å². The van der Waals surface area contributed by atoms with E-state index in [0.717, 1.165) is 17.5 Å². The second-order valence-electron chi connectivity index (χ2n) is 7.09. The number of carbonyl (C=O) groups excluding carboxylic acids is 2. The van der Waals surface area contributed by atoms with Gasteiger partial charge in [0.2, 0.25) is 0 Å². The van der Waals surface area contributed by atoms with E-state index in [0.29, 0.717) is 12.8 Å². The van der Waals surface area contributed by atoms with Gasteiger partial charge in [-0.25, -0.2) is 4.39 Å². The quantitative estimate of drug-likeness (QED) is 0.475. The third kappa shape index (κ3) is 5.27. The summed E-state index contributed by atoms with van der Waals surface area (Å²) >= 11 is 0. The lowest BCUT2D eigenvalue weighted by Gasteiger charge is -2.40. The molecule has 0 aliphatic heterocycles. The highest BCUT2D eigenvalue weighted by atomic mass is 19.1. The standard InChI is InChI=1S/C24H24FNO3/c1-26(22-5-3-2-4-6-22)24(15-13-23(28)14-16-24)29-18-20(17-27)8-7-19-9-11-21(25)12-10-19/h2-6,9-17,20H,7-8,18H2,1H3. The summed E-state index contributed by atoms with van der Waals surface area (Å²) in [7, 11) is 1.88. The first-order chi connectivity index (χ1) is 14.0. The fourth-order valence-electron chi connectivity index (χ4n) is 3.22. The number of para-hydroxylation sites is 1. The van der Waals surface area contributed by atoms with E-state index < -0.39 is 5.72 Å². The molecule has 1 aliphatic rings. The van der Waals surface area contributed by atoms with Gasteiger partial charge in [0.1, 0.15) is 12.1 Å². The molecule has 1 aliphatic carbocycles. The summed E-state index contributed by atoms with van der Waals surface area (Å²) < 4.78 is 19.3. The average molecular weight is 393 g/mol. The van der Waals surface area contributed by atoms with E-state index in [4.69, 9.17) is 4.74 Å². The second-order valence-corrected chi connectivity index (χ2v) is 7.09. The topological polar surface area (TPSA) is 46.6 Å². The first-order valence-corrected chi connectivity index (χ1v) is 9.57. The number of rotatable bonds is 9. The van der Waals surface area contributed by atoms with E-state index in [9.17, 15) is 14.0 Å². The number of anilines is 1. The summed E-state index contributed by atoms with van der Waals surface area (Å²) in [5.41, 5.74) is 0.939. The van der Waals surface area contributed by atoms with E-state index in [1.165, 1.54) is 24.3 Å². The van der Waals surface area contributed by atoms with Crippen LogP contribution in [0.15, 0.2) is 78.9 Å². The van der Waals surface area contributed by atoms with Crippen molar-refractivity contribution in [2.24, 2.45) is 5.92 Å². The molecule has 1 unspecified atom stereocenters. The van der Waals surface area contributed by atoms with Gasteiger partial charge < -0.3 is 14.4 Å². The Labute approximate surface area is 170 Å². The van der Waals surface area contributed by atoms with E-state index in [-0.39, 0.29) is 24.1 Å². The number of ketones is 1. The van der Waals surface area contributed by atoms with Gasteiger partial charge in [-0.2, -0.15) is 0 Å². The molecule has 2 aromatic rings. The number of benzene rings is 2. The van der Waals surface area contributed by atoms with E-state index in [2.05, 4.69) is 0 Å². The average Bonchev–Trinajstić information content (AvgIpc) is 2.76. The molecule has 0 heterocycles. The highest BCUT2D eigenvalue weighted by Crippen LogP contribution is 2.29. The van der Waals surface area contributed by atoms with Crippen molar-refractivity contribution in [2.45, 2.75) is 18.6 Å². The van der Waals surface area contributed by atoms with Crippen molar-refractivity contribution in [1.29, 1.82) is 0 Å². The molecule has 5 heteroatoms. The van der Waals surface area contributed by atoms with Crippen molar-refractivity contribution in [2.75, 3.05) is 18.6 Å². The number of carbonyl (C=O) groups is 2. The highest BCUT2D eigenvalue weighted by molar-refractivity contribution is 6.00. The minimum absolute atomic E-state index is 0.103. The predicted molar refractivity (Wildman–Crippen MR) is 111 cm³/mol. The molecule has 29 heavy (non-hydrogen) atoms. The van der Waals surface area contributed by atoms with Crippen molar-refractivity contribution in [3.05, 3.63) is 90.3 Å². The van der Waals surface area contributed by atoms with E-state index in [1.807, 2.05) is 42.3 Å². The Morgan fingerprint density at radius 2 is 1.72 bits per heavy atom. The number of hydrogen-bond donors (Lipinski definition) is 0.